The Bertz CT molecular complexity index is 1000. The first-order valence-electron chi connectivity index (χ1n) is 8.38. The summed E-state index contributed by atoms with van der Waals surface area (Å²) in [7, 11) is 0. The molecule has 0 aliphatic heterocycles. The normalized spacial score (nSPS) is 10.8. The van der Waals surface area contributed by atoms with Gasteiger partial charge in [-0.3, -0.25) is 10.1 Å². The van der Waals surface area contributed by atoms with Crippen molar-refractivity contribution in [3.63, 3.8) is 0 Å². The lowest BCUT2D eigenvalue weighted by Crippen LogP contribution is -2.32. The lowest BCUT2D eigenvalue weighted by Gasteiger charge is -2.10. The molecule has 0 heterocycles. The van der Waals surface area contributed by atoms with Gasteiger partial charge in [-0.05, 0) is 71.7 Å². The molecule has 0 spiro atoms. The van der Waals surface area contributed by atoms with E-state index in [9.17, 15) is 4.79 Å². The zero-order chi connectivity index (χ0) is 18.5. The molecule has 0 bridgehead atoms. The third-order valence-electron chi connectivity index (χ3n) is 4.24. The average Bonchev–Trinajstić information content (AvgIpc) is 2.63. The quantitative estimate of drug-likeness (QED) is 0.511. The highest BCUT2D eigenvalue weighted by Gasteiger charge is 2.03. The molecule has 1 amide bonds. The summed E-state index contributed by atoms with van der Waals surface area (Å²) in [6.45, 7) is 4.09. The fraction of sp³-hybridized carbons (Fsp3) is 0.0909. The van der Waals surface area contributed by atoms with E-state index >= 15 is 0 Å². The number of carbonyl (C=O) groups is 1. The van der Waals surface area contributed by atoms with Crippen molar-refractivity contribution < 1.29 is 4.79 Å². The van der Waals surface area contributed by atoms with Gasteiger partial charge in [0.15, 0.2) is 5.11 Å². The largest absolute Gasteiger partial charge is 0.332 e. The van der Waals surface area contributed by atoms with Crippen molar-refractivity contribution in [1.29, 1.82) is 0 Å². The zero-order valence-corrected chi connectivity index (χ0v) is 15.6. The minimum atomic E-state index is -0.265. The van der Waals surface area contributed by atoms with Gasteiger partial charge >= 0.3 is 0 Å². The Hall–Kier alpha value is -2.98. The number of hydrogen-bond acceptors (Lipinski definition) is 2. The standard InChI is InChI=1S/C22H20N2OS/c1-15-10-12-19(14-16(15)2)23-22(26)24-21(25)13-11-18-8-5-7-17-6-3-4-9-20(17)18/h3-14H,1-2H3,(H2,23,24,25,26). The van der Waals surface area contributed by atoms with E-state index < -0.39 is 0 Å². The smallest absolute Gasteiger partial charge is 0.250 e. The van der Waals surface area contributed by atoms with Crippen molar-refractivity contribution in [2.75, 3.05) is 5.32 Å². The predicted molar refractivity (Wildman–Crippen MR) is 113 cm³/mol. The minimum Gasteiger partial charge on any atom is -0.332 e. The monoisotopic (exact) mass is 360 g/mol. The number of carbonyl (C=O) groups excluding carboxylic acids is 1. The molecule has 3 nitrogen and oxygen atoms in total. The molecular formula is C22H20N2OS. The molecule has 0 fully saturated rings. The maximum atomic E-state index is 12.1. The Morgan fingerprint density at radius 1 is 0.962 bits per heavy atom. The molecule has 0 saturated carbocycles. The number of nitrogens with one attached hydrogen (secondary N) is 2. The van der Waals surface area contributed by atoms with E-state index in [1.54, 1.807) is 6.08 Å². The molecule has 0 aromatic heterocycles. The molecule has 3 aromatic carbocycles. The van der Waals surface area contributed by atoms with E-state index in [2.05, 4.69) is 29.7 Å². The van der Waals surface area contributed by atoms with Gasteiger partial charge in [-0.15, -0.1) is 0 Å². The third kappa shape index (κ3) is 4.35. The van der Waals surface area contributed by atoms with Crippen LogP contribution in [0.25, 0.3) is 16.8 Å². The van der Waals surface area contributed by atoms with Crippen LogP contribution in [-0.2, 0) is 4.79 Å². The van der Waals surface area contributed by atoms with Crippen molar-refractivity contribution in [2.24, 2.45) is 0 Å². The van der Waals surface area contributed by atoms with E-state index in [0.717, 1.165) is 22.0 Å². The molecule has 0 unspecified atom stereocenters. The Balaban J connectivity index is 1.65. The molecule has 4 heteroatoms. The van der Waals surface area contributed by atoms with Gasteiger partial charge < -0.3 is 5.32 Å². The van der Waals surface area contributed by atoms with Gasteiger partial charge in [0.25, 0.3) is 0 Å². The first-order chi connectivity index (χ1) is 12.5. The van der Waals surface area contributed by atoms with Gasteiger partial charge in [0.1, 0.15) is 0 Å². The number of fused-ring (bicyclic) bond motifs is 1. The van der Waals surface area contributed by atoms with E-state index in [1.165, 1.54) is 17.2 Å². The molecule has 0 aliphatic carbocycles. The Kier molecular flexibility index (Phi) is 5.44. The van der Waals surface area contributed by atoms with Crippen molar-refractivity contribution in [3.8, 4) is 0 Å². The Morgan fingerprint density at radius 3 is 2.54 bits per heavy atom. The SMILES string of the molecule is Cc1ccc(NC(=S)NC(=O)C=Cc2cccc3ccccc23)cc1C. The molecule has 0 aliphatic rings. The predicted octanol–water partition coefficient (Wildman–Crippen LogP) is 4.98. The summed E-state index contributed by atoms with van der Waals surface area (Å²) in [5.74, 6) is -0.265. The first kappa shape index (κ1) is 17.8. The van der Waals surface area contributed by atoms with Gasteiger partial charge in [-0.2, -0.15) is 0 Å². The summed E-state index contributed by atoms with van der Waals surface area (Å²) in [6, 6.07) is 20.0. The second kappa shape index (κ2) is 7.93. The number of amides is 1. The van der Waals surface area contributed by atoms with Gasteiger partial charge in [0.2, 0.25) is 5.91 Å². The summed E-state index contributed by atoms with van der Waals surface area (Å²) in [4.78, 5) is 12.1. The molecule has 2 N–H and O–H groups in total. The maximum absolute atomic E-state index is 12.1. The van der Waals surface area contributed by atoms with Crippen LogP contribution < -0.4 is 10.6 Å². The summed E-state index contributed by atoms with van der Waals surface area (Å²) in [6.07, 6.45) is 3.30. The van der Waals surface area contributed by atoms with Gasteiger partial charge in [-0.1, -0.05) is 48.5 Å². The number of aryl methyl sites for hydroxylation is 2. The lowest BCUT2D eigenvalue weighted by molar-refractivity contribution is -0.115. The van der Waals surface area contributed by atoms with E-state index in [4.69, 9.17) is 12.2 Å². The highest BCUT2D eigenvalue weighted by molar-refractivity contribution is 7.80. The van der Waals surface area contributed by atoms with Gasteiger partial charge in [0.05, 0.1) is 0 Å². The second-order valence-corrected chi connectivity index (χ2v) is 6.55. The first-order valence-corrected chi connectivity index (χ1v) is 8.79. The average molecular weight is 360 g/mol. The molecule has 130 valence electrons. The number of rotatable bonds is 3. The molecule has 0 radical (unpaired) electrons. The Morgan fingerprint density at radius 2 is 1.73 bits per heavy atom. The fourth-order valence-corrected chi connectivity index (χ4v) is 2.91. The third-order valence-corrected chi connectivity index (χ3v) is 4.44. The van der Waals surface area contributed by atoms with Crippen molar-refractivity contribution >= 4 is 45.8 Å². The highest BCUT2D eigenvalue weighted by atomic mass is 32.1. The van der Waals surface area contributed by atoms with Crippen molar-refractivity contribution in [1.82, 2.24) is 5.32 Å². The molecule has 0 atom stereocenters. The Labute approximate surface area is 158 Å². The van der Waals surface area contributed by atoms with E-state index in [1.807, 2.05) is 55.5 Å². The number of thiocarbonyl (C=S) groups is 1. The van der Waals surface area contributed by atoms with Gasteiger partial charge in [-0.25, -0.2) is 0 Å². The van der Waals surface area contributed by atoms with Crippen LogP contribution in [-0.4, -0.2) is 11.0 Å². The minimum absolute atomic E-state index is 0.265. The van der Waals surface area contributed by atoms with Crippen LogP contribution in [0.2, 0.25) is 0 Å². The van der Waals surface area contributed by atoms with Crippen LogP contribution in [0.5, 0.6) is 0 Å². The topological polar surface area (TPSA) is 41.1 Å². The summed E-state index contributed by atoms with van der Waals surface area (Å²) in [5, 5.41) is 8.24. The van der Waals surface area contributed by atoms with Gasteiger partial charge in [0, 0.05) is 11.8 Å². The zero-order valence-electron chi connectivity index (χ0n) is 14.7. The lowest BCUT2D eigenvalue weighted by atomic mass is 10.0. The molecular weight excluding hydrogens is 340 g/mol. The summed E-state index contributed by atoms with van der Waals surface area (Å²) in [5.41, 5.74) is 4.23. The summed E-state index contributed by atoms with van der Waals surface area (Å²) < 4.78 is 0. The van der Waals surface area contributed by atoms with E-state index in [0.29, 0.717) is 0 Å². The van der Waals surface area contributed by atoms with Crippen LogP contribution in [0.3, 0.4) is 0 Å². The maximum Gasteiger partial charge on any atom is 0.250 e. The van der Waals surface area contributed by atoms with Crippen LogP contribution in [0, 0.1) is 13.8 Å². The number of anilines is 1. The number of hydrogen-bond donors (Lipinski definition) is 2. The second-order valence-electron chi connectivity index (χ2n) is 6.14. The van der Waals surface area contributed by atoms with Crippen LogP contribution in [0.15, 0.2) is 66.7 Å². The highest BCUT2D eigenvalue weighted by Crippen LogP contribution is 2.19. The molecule has 3 rings (SSSR count). The van der Waals surface area contributed by atoms with E-state index in [-0.39, 0.29) is 11.0 Å². The summed E-state index contributed by atoms with van der Waals surface area (Å²) >= 11 is 5.22. The fourth-order valence-electron chi connectivity index (χ4n) is 2.70. The van der Waals surface area contributed by atoms with Crippen LogP contribution in [0.4, 0.5) is 5.69 Å². The van der Waals surface area contributed by atoms with Crippen LogP contribution in [0.1, 0.15) is 16.7 Å². The molecule has 0 saturated heterocycles. The molecule has 26 heavy (non-hydrogen) atoms. The van der Waals surface area contributed by atoms with Crippen molar-refractivity contribution in [3.05, 3.63) is 83.4 Å². The van der Waals surface area contributed by atoms with Crippen molar-refractivity contribution in [2.45, 2.75) is 13.8 Å². The molecule has 3 aromatic rings. The van der Waals surface area contributed by atoms with Crippen LogP contribution >= 0.6 is 12.2 Å². The number of benzene rings is 3.